The van der Waals surface area contributed by atoms with Crippen LogP contribution in [0.1, 0.15) is 36.4 Å². The van der Waals surface area contributed by atoms with Crippen LogP contribution in [0.2, 0.25) is 0 Å². The second kappa shape index (κ2) is 9.94. The van der Waals surface area contributed by atoms with Crippen LogP contribution in [-0.2, 0) is 16.1 Å². The molecule has 1 unspecified atom stereocenters. The Kier molecular flexibility index (Phi) is 7.63. The molecule has 1 N–H and O–H groups in total. The van der Waals surface area contributed by atoms with Crippen molar-refractivity contribution in [2.24, 2.45) is 0 Å². The van der Waals surface area contributed by atoms with Gasteiger partial charge in [0.05, 0.1) is 6.26 Å². The molecule has 1 atom stereocenters. The number of carbonyl (C=O) groups excluding carboxylic acids is 2. The number of hydrogen-bond acceptors (Lipinski definition) is 5. The van der Waals surface area contributed by atoms with Crippen molar-refractivity contribution in [3.63, 3.8) is 0 Å². The number of furan rings is 1. The highest BCUT2D eigenvalue weighted by Gasteiger charge is 2.24. The Balaban J connectivity index is 2.35. The van der Waals surface area contributed by atoms with Gasteiger partial charge in [0.1, 0.15) is 6.61 Å². The fourth-order valence-corrected chi connectivity index (χ4v) is 2.93. The highest BCUT2D eigenvalue weighted by Crippen LogP contribution is 2.26. The number of benzene rings is 1. The molecule has 1 aromatic carbocycles. The van der Waals surface area contributed by atoms with Gasteiger partial charge in [0.25, 0.3) is 5.91 Å². The minimum Gasteiger partial charge on any atom is -0.459 e. The van der Waals surface area contributed by atoms with Gasteiger partial charge in [-0.3, -0.25) is 9.59 Å². The van der Waals surface area contributed by atoms with E-state index in [-0.39, 0.29) is 24.5 Å². The molecule has 0 bridgehead atoms. The number of hydrogen-bond donors (Lipinski definition) is 1. The summed E-state index contributed by atoms with van der Waals surface area (Å²) in [5.74, 6) is -0.0642. The molecule has 0 aliphatic heterocycles. The van der Waals surface area contributed by atoms with Crippen molar-refractivity contribution in [3.05, 3.63) is 47.9 Å². The van der Waals surface area contributed by atoms with E-state index < -0.39 is 0 Å². The van der Waals surface area contributed by atoms with Crippen LogP contribution < -0.4 is 10.2 Å². The van der Waals surface area contributed by atoms with E-state index in [1.54, 1.807) is 17.0 Å². The van der Waals surface area contributed by atoms with Crippen molar-refractivity contribution >= 4 is 23.2 Å². The van der Waals surface area contributed by atoms with E-state index in [0.29, 0.717) is 18.0 Å². The molecule has 0 aliphatic rings. The number of methoxy groups -OCH3 is 1. The second-order valence-electron chi connectivity index (χ2n) is 6.89. The summed E-state index contributed by atoms with van der Waals surface area (Å²) in [5, 5.41) is 2.82. The zero-order chi connectivity index (χ0) is 20.7. The van der Waals surface area contributed by atoms with E-state index in [1.165, 1.54) is 13.4 Å². The minimum absolute atomic E-state index is 0.0132. The summed E-state index contributed by atoms with van der Waals surface area (Å²) < 4.78 is 10.2. The maximum atomic E-state index is 13.0. The van der Waals surface area contributed by atoms with Crippen LogP contribution in [0, 0.1) is 0 Å². The lowest BCUT2D eigenvalue weighted by Crippen LogP contribution is -2.38. The second-order valence-corrected chi connectivity index (χ2v) is 6.89. The molecule has 1 heterocycles. The summed E-state index contributed by atoms with van der Waals surface area (Å²) in [6.07, 6.45) is 2.31. The number of nitrogens with one attached hydrogen (secondary N) is 1. The Hall–Kier alpha value is -2.80. The summed E-state index contributed by atoms with van der Waals surface area (Å²) in [7, 11) is 5.37. The molecule has 2 amide bonds. The first-order valence-corrected chi connectivity index (χ1v) is 9.30. The van der Waals surface area contributed by atoms with E-state index in [1.807, 2.05) is 51.0 Å². The third-order valence-corrected chi connectivity index (χ3v) is 4.58. The highest BCUT2D eigenvalue weighted by atomic mass is 16.5. The highest BCUT2D eigenvalue weighted by molar-refractivity contribution is 5.93. The summed E-state index contributed by atoms with van der Waals surface area (Å²) >= 11 is 0. The number of nitrogens with zero attached hydrogens (tertiary/aromatic N) is 2. The smallest absolute Gasteiger partial charge is 0.290 e. The molecular weight excluding hydrogens is 358 g/mol. The van der Waals surface area contributed by atoms with Gasteiger partial charge in [-0.05, 0) is 49.2 Å². The summed E-state index contributed by atoms with van der Waals surface area (Å²) in [4.78, 5) is 28.6. The molecule has 0 spiro atoms. The molecule has 0 radical (unpaired) electrons. The number of anilines is 2. The third-order valence-electron chi connectivity index (χ3n) is 4.58. The van der Waals surface area contributed by atoms with Crippen molar-refractivity contribution in [2.45, 2.75) is 32.9 Å². The summed E-state index contributed by atoms with van der Waals surface area (Å²) in [6, 6.07) is 9.08. The molecule has 7 heteroatoms. The average molecular weight is 387 g/mol. The first-order chi connectivity index (χ1) is 13.4. The lowest BCUT2D eigenvalue weighted by Gasteiger charge is -2.30. The molecule has 0 fully saturated rings. The standard InChI is InChI=1S/C21H29N3O4/c1-6-15(2)24(21(26)19-8-7-11-28-19)13-16-12-17(22-20(25)14-27-5)9-10-18(16)23(3)4/h7-12,15H,6,13-14H2,1-5H3,(H,22,25). The van der Waals surface area contributed by atoms with Gasteiger partial charge in [0.15, 0.2) is 5.76 Å². The molecule has 28 heavy (non-hydrogen) atoms. The third kappa shape index (κ3) is 5.36. The zero-order valence-corrected chi connectivity index (χ0v) is 17.2. The Labute approximate surface area is 166 Å². The lowest BCUT2D eigenvalue weighted by molar-refractivity contribution is -0.119. The van der Waals surface area contributed by atoms with Crippen molar-refractivity contribution in [2.75, 3.05) is 38.0 Å². The van der Waals surface area contributed by atoms with E-state index in [9.17, 15) is 9.59 Å². The first-order valence-electron chi connectivity index (χ1n) is 9.30. The fraction of sp³-hybridized carbons (Fsp3) is 0.429. The largest absolute Gasteiger partial charge is 0.459 e. The monoisotopic (exact) mass is 387 g/mol. The van der Waals surface area contributed by atoms with Gasteiger partial charge >= 0.3 is 0 Å². The SMILES string of the molecule is CCC(C)N(Cc1cc(NC(=O)COC)ccc1N(C)C)C(=O)c1ccco1. The number of amides is 2. The predicted octanol–water partition coefficient (Wildman–Crippen LogP) is 3.37. The van der Waals surface area contributed by atoms with Crippen LogP contribution in [-0.4, -0.2) is 50.6 Å². The number of rotatable bonds is 9. The quantitative estimate of drug-likeness (QED) is 0.714. The minimum atomic E-state index is -0.225. The molecule has 2 rings (SSSR count). The van der Waals surface area contributed by atoms with Crippen molar-refractivity contribution in [1.82, 2.24) is 4.90 Å². The van der Waals surface area contributed by atoms with Gasteiger partial charge in [-0.15, -0.1) is 0 Å². The zero-order valence-electron chi connectivity index (χ0n) is 17.2. The lowest BCUT2D eigenvalue weighted by atomic mass is 10.1. The normalized spacial score (nSPS) is 11.8. The van der Waals surface area contributed by atoms with E-state index >= 15 is 0 Å². The van der Waals surface area contributed by atoms with E-state index in [0.717, 1.165) is 17.7 Å². The van der Waals surface area contributed by atoms with Gasteiger partial charge < -0.3 is 24.3 Å². The average Bonchev–Trinajstić information content (AvgIpc) is 3.19. The Morgan fingerprint density at radius 3 is 2.57 bits per heavy atom. The number of carbonyl (C=O) groups is 2. The van der Waals surface area contributed by atoms with Gasteiger partial charge in [0.2, 0.25) is 5.91 Å². The first kappa shape index (κ1) is 21.5. The van der Waals surface area contributed by atoms with Crippen molar-refractivity contribution in [3.8, 4) is 0 Å². The van der Waals surface area contributed by atoms with Gasteiger partial charge in [-0.25, -0.2) is 0 Å². The van der Waals surface area contributed by atoms with Gasteiger partial charge in [0, 0.05) is 45.2 Å². The summed E-state index contributed by atoms with van der Waals surface area (Å²) in [5.41, 5.74) is 2.57. The van der Waals surface area contributed by atoms with Crippen LogP contribution in [0.15, 0.2) is 41.0 Å². The topological polar surface area (TPSA) is 75.0 Å². The summed E-state index contributed by atoms with van der Waals surface area (Å²) in [6.45, 7) is 4.44. The predicted molar refractivity (Wildman–Crippen MR) is 110 cm³/mol. The Morgan fingerprint density at radius 1 is 1.25 bits per heavy atom. The van der Waals surface area contributed by atoms with Crippen LogP contribution in [0.4, 0.5) is 11.4 Å². The van der Waals surface area contributed by atoms with Gasteiger partial charge in [-0.2, -0.15) is 0 Å². The molecule has 152 valence electrons. The van der Waals surface area contributed by atoms with Crippen LogP contribution in [0.25, 0.3) is 0 Å². The van der Waals surface area contributed by atoms with Crippen LogP contribution in [0.3, 0.4) is 0 Å². The van der Waals surface area contributed by atoms with Crippen molar-refractivity contribution < 1.29 is 18.7 Å². The van der Waals surface area contributed by atoms with E-state index in [4.69, 9.17) is 9.15 Å². The number of ether oxygens (including phenoxy) is 1. The molecule has 0 aliphatic carbocycles. The molecule has 0 saturated carbocycles. The Morgan fingerprint density at radius 2 is 2.00 bits per heavy atom. The molecular formula is C21H29N3O4. The maximum absolute atomic E-state index is 13.0. The van der Waals surface area contributed by atoms with E-state index in [2.05, 4.69) is 5.32 Å². The fourth-order valence-electron chi connectivity index (χ4n) is 2.93. The van der Waals surface area contributed by atoms with Crippen molar-refractivity contribution in [1.29, 1.82) is 0 Å². The maximum Gasteiger partial charge on any atom is 0.290 e. The molecule has 1 aromatic heterocycles. The van der Waals surface area contributed by atoms with Gasteiger partial charge in [-0.1, -0.05) is 6.92 Å². The molecule has 0 saturated heterocycles. The van der Waals surface area contributed by atoms with Crippen LogP contribution >= 0.6 is 0 Å². The molecule has 7 nitrogen and oxygen atoms in total. The Bertz CT molecular complexity index is 787. The molecule has 2 aromatic rings. The van der Waals surface area contributed by atoms with Crippen LogP contribution in [0.5, 0.6) is 0 Å².